The van der Waals surface area contributed by atoms with Crippen molar-refractivity contribution in [2.75, 3.05) is 5.32 Å². The van der Waals surface area contributed by atoms with Crippen LogP contribution in [0.1, 0.15) is 37.7 Å². The smallest absolute Gasteiger partial charge is 0.296 e. The second kappa shape index (κ2) is 8.01. The SMILES string of the molecule is Cc1cnc(C(=O)Nc2ncc(Cc3cc(C(F)(F)F)cc(C(F)(F)F)c3)s2)cn1. The molecule has 3 aromatic rings. The highest BCUT2D eigenvalue weighted by Gasteiger charge is 2.36. The lowest BCUT2D eigenvalue weighted by Gasteiger charge is -2.13. The standard InChI is InChI=1S/C18H12F6N4OS/c1-9-6-26-14(8-25-9)15(29)28-16-27-7-13(30-16)4-10-2-11(17(19,20)21)5-12(3-10)18(22,23)24/h2-3,5-8H,4H2,1H3,(H,27,28,29). The van der Waals surface area contributed by atoms with Crippen molar-refractivity contribution in [3.63, 3.8) is 0 Å². The molecule has 0 radical (unpaired) electrons. The van der Waals surface area contributed by atoms with Gasteiger partial charge in [-0.25, -0.2) is 9.97 Å². The Kier molecular flexibility index (Phi) is 5.79. The van der Waals surface area contributed by atoms with Crippen molar-refractivity contribution in [1.82, 2.24) is 15.0 Å². The van der Waals surface area contributed by atoms with E-state index in [0.717, 1.165) is 11.3 Å². The maximum atomic E-state index is 13.0. The van der Waals surface area contributed by atoms with Crippen LogP contribution in [0.4, 0.5) is 31.5 Å². The minimum absolute atomic E-state index is 0.0325. The van der Waals surface area contributed by atoms with Gasteiger partial charge in [-0.1, -0.05) is 0 Å². The van der Waals surface area contributed by atoms with Crippen LogP contribution < -0.4 is 5.32 Å². The number of hydrogen-bond acceptors (Lipinski definition) is 5. The summed E-state index contributed by atoms with van der Waals surface area (Å²) in [5.41, 5.74) is -2.30. The summed E-state index contributed by atoms with van der Waals surface area (Å²) in [5.74, 6) is -0.596. The predicted octanol–water partition coefficient (Wildman–Crippen LogP) is 5.12. The van der Waals surface area contributed by atoms with Gasteiger partial charge < -0.3 is 0 Å². The van der Waals surface area contributed by atoms with Gasteiger partial charge in [0.15, 0.2) is 5.13 Å². The number of amides is 1. The number of rotatable bonds is 4. The molecule has 0 atom stereocenters. The number of carbonyl (C=O) groups is 1. The van der Waals surface area contributed by atoms with E-state index in [1.54, 1.807) is 6.92 Å². The quantitative estimate of drug-likeness (QED) is 0.565. The molecule has 0 fully saturated rings. The van der Waals surface area contributed by atoms with Crippen LogP contribution in [-0.2, 0) is 18.8 Å². The highest BCUT2D eigenvalue weighted by atomic mass is 32.1. The van der Waals surface area contributed by atoms with Crippen LogP contribution in [0.5, 0.6) is 0 Å². The lowest BCUT2D eigenvalue weighted by molar-refractivity contribution is -0.143. The van der Waals surface area contributed by atoms with Gasteiger partial charge >= 0.3 is 12.4 Å². The van der Waals surface area contributed by atoms with E-state index in [2.05, 4.69) is 20.3 Å². The molecule has 0 aliphatic heterocycles. The molecule has 0 bridgehead atoms. The Labute approximate surface area is 169 Å². The summed E-state index contributed by atoms with van der Waals surface area (Å²) in [6, 6.07) is 1.40. The van der Waals surface area contributed by atoms with Crippen molar-refractivity contribution in [3.05, 3.63) is 69.7 Å². The normalized spacial score (nSPS) is 12.1. The van der Waals surface area contributed by atoms with Gasteiger partial charge in [-0.3, -0.25) is 15.1 Å². The molecule has 2 heterocycles. The van der Waals surface area contributed by atoms with Crippen molar-refractivity contribution >= 4 is 22.4 Å². The first-order valence-corrected chi connectivity index (χ1v) is 9.06. The van der Waals surface area contributed by atoms with E-state index in [4.69, 9.17) is 0 Å². The summed E-state index contributed by atoms with van der Waals surface area (Å²) in [6.45, 7) is 1.69. The molecule has 30 heavy (non-hydrogen) atoms. The number of alkyl halides is 6. The average molecular weight is 446 g/mol. The number of anilines is 1. The lowest BCUT2D eigenvalue weighted by atomic mass is 10.0. The summed E-state index contributed by atoms with van der Waals surface area (Å²) < 4.78 is 77.8. The first-order chi connectivity index (χ1) is 13.9. The van der Waals surface area contributed by atoms with E-state index < -0.39 is 29.4 Å². The monoisotopic (exact) mass is 446 g/mol. The first-order valence-electron chi connectivity index (χ1n) is 8.25. The first kappa shape index (κ1) is 21.7. The molecular formula is C18H12F6N4OS. The molecule has 0 aliphatic carbocycles. The van der Waals surface area contributed by atoms with Gasteiger partial charge in [0.1, 0.15) is 5.69 Å². The minimum Gasteiger partial charge on any atom is -0.296 e. The Morgan fingerprint density at radius 2 is 1.57 bits per heavy atom. The molecule has 12 heteroatoms. The zero-order valence-electron chi connectivity index (χ0n) is 15.1. The van der Waals surface area contributed by atoms with Crippen LogP contribution in [-0.4, -0.2) is 20.9 Å². The maximum absolute atomic E-state index is 13.0. The van der Waals surface area contributed by atoms with Gasteiger partial charge in [0, 0.05) is 23.7 Å². The van der Waals surface area contributed by atoms with Crippen LogP contribution in [0, 0.1) is 6.92 Å². The van der Waals surface area contributed by atoms with E-state index in [1.165, 1.54) is 18.6 Å². The van der Waals surface area contributed by atoms with Crippen LogP contribution in [0.2, 0.25) is 0 Å². The second-order valence-corrected chi connectivity index (χ2v) is 7.33. The van der Waals surface area contributed by atoms with Crippen LogP contribution >= 0.6 is 11.3 Å². The highest BCUT2D eigenvalue weighted by Crippen LogP contribution is 2.37. The average Bonchev–Trinajstić information content (AvgIpc) is 3.07. The van der Waals surface area contributed by atoms with E-state index >= 15 is 0 Å². The lowest BCUT2D eigenvalue weighted by Crippen LogP contribution is -2.13. The third-order valence-corrected chi connectivity index (χ3v) is 4.73. The summed E-state index contributed by atoms with van der Waals surface area (Å²) >= 11 is 0.927. The number of nitrogens with zero attached hydrogens (tertiary/aromatic N) is 3. The van der Waals surface area contributed by atoms with Crippen molar-refractivity contribution in [1.29, 1.82) is 0 Å². The number of aromatic nitrogens is 3. The Balaban J connectivity index is 1.80. The molecule has 158 valence electrons. The van der Waals surface area contributed by atoms with Gasteiger partial charge in [0.25, 0.3) is 5.91 Å². The third kappa shape index (κ3) is 5.32. The summed E-state index contributed by atoms with van der Waals surface area (Å²) in [7, 11) is 0. The van der Waals surface area contributed by atoms with Crippen molar-refractivity contribution in [2.45, 2.75) is 25.7 Å². The van der Waals surface area contributed by atoms with Gasteiger partial charge in [-0.05, 0) is 30.7 Å². The zero-order chi connectivity index (χ0) is 22.1. The number of hydrogen-bond donors (Lipinski definition) is 1. The van der Waals surface area contributed by atoms with E-state index in [0.29, 0.717) is 22.7 Å². The van der Waals surface area contributed by atoms with E-state index in [1.807, 2.05) is 0 Å². The molecule has 1 aromatic carbocycles. The van der Waals surface area contributed by atoms with Crippen LogP contribution in [0.15, 0.2) is 36.8 Å². The number of aryl methyl sites for hydroxylation is 1. The highest BCUT2D eigenvalue weighted by molar-refractivity contribution is 7.15. The van der Waals surface area contributed by atoms with Gasteiger partial charge in [-0.15, -0.1) is 11.3 Å². The summed E-state index contributed by atoms with van der Waals surface area (Å²) in [4.78, 5) is 24.2. The number of halogens is 6. The molecule has 0 saturated carbocycles. The predicted molar refractivity (Wildman–Crippen MR) is 96.1 cm³/mol. The molecule has 1 N–H and O–H groups in total. The number of benzene rings is 1. The molecule has 5 nitrogen and oxygen atoms in total. The Hall–Kier alpha value is -3.02. The Morgan fingerprint density at radius 3 is 2.10 bits per heavy atom. The topological polar surface area (TPSA) is 67.8 Å². The molecule has 3 rings (SSSR count). The number of carbonyl (C=O) groups excluding carboxylic acids is 1. The number of nitrogens with one attached hydrogen (secondary N) is 1. The molecule has 2 aromatic heterocycles. The fourth-order valence-corrected chi connectivity index (χ4v) is 3.28. The van der Waals surface area contributed by atoms with E-state index in [9.17, 15) is 31.1 Å². The summed E-state index contributed by atoms with van der Waals surface area (Å²) in [5, 5.41) is 2.59. The number of thiazole rings is 1. The minimum atomic E-state index is -4.92. The van der Waals surface area contributed by atoms with Crippen LogP contribution in [0.25, 0.3) is 0 Å². The zero-order valence-corrected chi connectivity index (χ0v) is 15.9. The fourth-order valence-electron chi connectivity index (χ4n) is 2.44. The van der Waals surface area contributed by atoms with Crippen molar-refractivity contribution in [3.8, 4) is 0 Å². The van der Waals surface area contributed by atoms with Crippen molar-refractivity contribution < 1.29 is 31.1 Å². The Morgan fingerprint density at radius 1 is 0.933 bits per heavy atom. The van der Waals surface area contributed by atoms with Gasteiger partial charge in [0.05, 0.1) is 23.0 Å². The largest absolute Gasteiger partial charge is 0.416 e. The Bertz CT molecular complexity index is 1030. The van der Waals surface area contributed by atoms with Crippen LogP contribution in [0.3, 0.4) is 0 Å². The molecule has 0 spiro atoms. The second-order valence-electron chi connectivity index (χ2n) is 6.22. The van der Waals surface area contributed by atoms with Gasteiger partial charge in [-0.2, -0.15) is 26.3 Å². The summed E-state index contributed by atoms with van der Waals surface area (Å²) in [6.07, 6.45) is -6.12. The van der Waals surface area contributed by atoms with Gasteiger partial charge in [0.2, 0.25) is 0 Å². The molecule has 0 aliphatic rings. The van der Waals surface area contributed by atoms with Crippen molar-refractivity contribution in [2.24, 2.45) is 0 Å². The maximum Gasteiger partial charge on any atom is 0.416 e. The molecule has 1 amide bonds. The molecular weight excluding hydrogens is 434 g/mol. The fraction of sp³-hybridized carbons (Fsp3) is 0.222. The molecule has 0 saturated heterocycles. The van der Waals surface area contributed by atoms with E-state index in [-0.39, 0.29) is 28.9 Å². The molecule has 0 unspecified atom stereocenters. The third-order valence-electron chi connectivity index (χ3n) is 3.81.